The average Bonchev–Trinajstić information content (AvgIpc) is 2.98. The number of nitrogens with zero attached hydrogens (tertiary/aromatic N) is 2. The summed E-state index contributed by atoms with van der Waals surface area (Å²) in [6, 6.07) is 4.83. The molecule has 0 aromatic heterocycles. The van der Waals surface area contributed by atoms with E-state index in [0.717, 1.165) is 50.4 Å². The summed E-state index contributed by atoms with van der Waals surface area (Å²) in [4.78, 5) is 42.4. The monoisotopic (exact) mass is 582 g/mol. The number of benzene rings is 1. The molecule has 1 fully saturated rings. The second-order valence-electron chi connectivity index (χ2n) is 12.8. The first-order valence-corrected chi connectivity index (χ1v) is 15.6. The number of hydrogen-bond donors (Lipinski definition) is 2. The van der Waals surface area contributed by atoms with E-state index < -0.39 is 6.04 Å². The molecule has 42 heavy (non-hydrogen) atoms. The summed E-state index contributed by atoms with van der Waals surface area (Å²) in [6.07, 6.45) is 8.64. The minimum Gasteiger partial charge on any atom is -0.493 e. The minimum absolute atomic E-state index is 0.0281. The van der Waals surface area contributed by atoms with E-state index in [1.54, 1.807) is 36.6 Å². The third-order valence-electron chi connectivity index (χ3n) is 9.53. The fourth-order valence-electron chi connectivity index (χ4n) is 6.66. The van der Waals surface area contributed by atoms with Crippen molar-refractivity contribution in [2.75, 3.05) is 53.5 Å². The van der Waals surface area contributed by atoms with Crippen LogP contribution in [0.3, 0.4) is 0 Å². The zero-order chi connectivity index (χ0) is 30.3. The first-order chi connectivity index (χ1) is 20.1. The van der Waals surface area contributed by atoms with Crippen LogP contribution in [0.25, 0.3) is 0 Å². The number of carbonyl (C=O) groups excluding carboxylic acids is 3. The summed E-state index contributed by atoms with van der Waals surface area (Å²) in [6.45, 7) is 10.4. The van der Waals surface area contributed by atoms with Gasteiger partial charge in [-0.2, -0.15) is 0 Å². The molecular weight excluding hydrogens is 532 g/mol. The van der Waals surface area contributed by atoms with Crippen LogP contribution in [0.1, 0.15) is 64.9 Å². The number of hydrogen-bond acceptors (Lipinski definition) is 6. The number of allylic oxidation sites excluding steroid dienone is 1. The number of carbonyl (C=O) groups is 3. The van der Waals surface area contributed by atoms with Crippen molar-refractivity contribution in [3.05, 3.63) is 35.4 Å². The molecule has 4 aliphatic rings. The highest BCUT2D eigenvalue weighted by molar-refractivity contribution is 5.87. The van der Waals surface area contributed by atoms with Crippen LogP contribution in [0.2, 0.25) is 0 Å². The Labute approximate surface area is 251 Å². The van der Waals surface area contributed by atoms with E-state index in [0.29, 0.717) is 48.8 Å². The third-order valence-corrected chi connectivity index (χ3v) is 9.53. The topological polar surface area (TPSA) is 100 Å². The molecule has 3 amide bonds. The van der Waals surface area contributed by atoms with Crippen molar-refractivity contribution in [3.63, 3.8) is 0 Å². The van der Waals surface area contributed by atoms with Gasteiger partial charge in [-0.05, 0) is 86.9 Å². The van der Waals surface area contributed by atoms with E-state index >= 15 is 0 Å². The van der Waals surface area contributed by atoms with Gasteiger partial charge in [-0.15, -0.1) is 0 Å². The van der Waals surface area contributed by atoms with Crippen molar-refractivity contribution in [1.82, 2.24) is 20.4 Å². The number of nitrogens with one attached hydrogen (secondary N) is 2. The highest BCUT2D eigenvalue weighted by atomic mass is 16.5. The van der Waals surface area contributed by atoms with Crippen molar-refractivity contribution in [2.24, 2.45) is 17.3 Å². The lowest BCUT2D eigenvalue weighted by Gasteiger charge is -2.57. The molecule has 0 radical (unpaired) electrons. The molecule has 3 atom stereocenters. The Morgan fingerprint density at radius 3 is 2.55 bits per heavy atom. The Balaban J connectivity index is 1.41. The Hall–Kier alpha value is -3.07. The SMILES string of the molecule is COc1ccc2cc1OCC(=O)N[C@@H](C)C(=O)N(C)CCCCN(CC1=CC[C@H]3C[C@@H]1C3(C)C)CCCNC(=O)CC2. The van der Waals surface area contributed by atoms with Gasteiger partial charge in [0, 0.05) is 39.6 Å². The van der Waals surface area contributed by atoms with Crippen molar-refractivity contribution < 1.29 is 23.9 Å². The summed E-state index contributed by atoms with van der Waals surface area (Å²) in [5, 5.41) is 5.84. The molecule has 1 heterocycles. The Morgan fingerprint density at radius 2 is 1.81 bits per heavy atom. The first kappa shape index (κ1) is 31.9. The van der Waals surface area contributed by atoms with Crippen LogP contribution in [0.4, 0.5) is 0 Å². The molecular formula is C33H50N4O5. The minimum atomic E-state index is -0.653. The van der Waals surface area contributed by atoms with Gasteiger partial charge in [-0.25, -0.2) is 0 Å². The maximum absolute atomic E-state index is 12.9. The van der Waals surface area contributed by atoms with Crippen LogP contribution in [0.5, 0.6) is 11.5 Å². The molecule has 232 valence electrons. The molecule has 5 rings (SSSR count). The van der Waals surface area contributed by atoms with E-state index in [9.17, 15) is 14.4 Å². The zero-order valence-electron chi connectivity index (χ0n) is 26.2. The van der Waals surface area contributed by atoms with Gasteiger partial charge in [-0.1, -0.05) is 31.6 Å². The standard InChI is InChI=1S/C33H50N4O5/c1-23-32(40)36(4)16-6-7-17-37(21-25-11-12-26-20-27(25)33(26,2)3)18-8-15-34-30(38)14-10-24-9-13-28(41-5)29(19-24)42-22-31(39)35-23/h9,11,13,19,23,26-27H,6-8,10,12,14-18,20-22H2,1-5H3,(H,34,38)(H,35,39)/t23-,26-,27-/m0/s1. The predicted octanol–water partition coefficient (Wildman–Crippen LogP) is 3.56. The van der Waals surface area contributed by atoms with Gasteiger partial charge in [0.2, 0.25) is 11.8 Å². The summed E-state index contributed by atoms with van der Waals surface area (Å²) in [5.41, 5.74) is 2.89. The van der Waals surface area contributed by atoms with Gasteiger partial charge in [0.1, 0.15) is 6.04 Å². The number of amides is 3. The Bertz CT molecular complexity index is 1150. The van der Waals surface area contributed by atoms with Crippen LogP contribution in [-0.4, -0.2) is 87.1 Å². The maximum atomic E-state index is 12.9. The van der Waals surface area contributed by atoms with Gasteiger partial charge < -0.3 is 25.0 Å². The van der Waals surface area contributed by atoms with Crippen LogP contribution in [0, 0.1) is 17.3 Å². The predicted molar refractivity (Wildman–Crippen MR) is 163 cm³/mol. The van der Waals surface area contributed by atoms with Crippen LogP contribution in [-0.2, 0) is 20.8 Å². The highest BCUT2D eigenvalue weighted by Crippen LogP contribution is 2.59. The summed E-state index contributed by atoms with van der Waals surface area (Å²) >= 11 is 0. The second kappa shape index (κ2) is 14.4. The normalized spacial score (nSPS) is 26.8. The zero-order valence-corrected chi connectivity index (χ0v) is 26.2. The molecule has 4 bridgehead atoms. The molecule has 9 nitrogen and oxygen atoms in total. The molecule has 1 aromatic carbocycles. The molecule has 9 heteroatoms. The largest absolute Gasteiger partial charge is 0.493 e. The molecule has 1 saturated carbocycles. The Morgan fingerprint density at radius 1 is 1.05 bits per heavy atom. The van der Waals surface area contributed by atoms with Crippen molar-refractivity contribution in [3.8, 4) is 11.5 Å². The van der Waals surface area contributed by atoms with E-state index in [4.69, 9.17) is 9.47 Å². The van der Waals surface area contributed by atoms with Crippen molar-refractivity contribution >= 4 is 17.7 Å². The lowest BCUT2D eigenvalue weighted by Crippen LogP contribution is -2.50. The lowest BCUT2D eigenvalue weighted by molar-refractivity contribution is -0.135. The number of ether oxygens (including phenoxy) is 2. The quantitative estimate of drug-likeness (QED) is 0.529. The maximum Gasteiger partial charge on any atom is 0.258 e. The molecule has 0 unspecified atom stereocenters. The van der Waals surface area contributed by atoms with Gasteiger partial charge in [0.25, 0.3) is 5.91 Å². The van der Waals surface area contributed by atoms with E-state index in [1.165, 1.54) is 20.0 Å². The van der Waals surface area contributed by atoms with Crippen LogP contribution >= 0.6 is 0 Å². The van der Waals surface area contributed by atoms with Crippen molar-refractivity contribution in [2.45, 2.75) is 71.8 Å². The second-order valence-corrected chi connectivity index (χ2v) is 12.8. The fraction of sp³-hybridized carbons (Fsp3) is 0.667. The van der Waals surface area contributed by atoms with Gasteiger partial charge >= 0.3 is 0 Å². The number of methoxy groups -OCH3 is 1. The van der Waals surface area contributed by atoms with Gasteiger partial charge in [0.05, 0.1) is 7.11 Å². The smallest absolute Gasteiger partial charge is 0.258 e. The summed E-state index contributed by atoms with van der Waals surface area (Å²) < 4.78 is 11.1. The molecule has 1 aliphatic heterocycles. The third kappa shape index (κ3) is 8.06. The Kier molecular flexibility index (Phi) is 10.9. The lowest BCUT2D eigenvalue weighted by atomic mass is 9.49. The number of fused-ring (bicyclic) bond motifs is 3. The van der Waals surface area contributed by atoms with Crippen LogP contribution in [0.15, 0.2) is 29.8 Å². The first-order valence-electron chi connectivity index (χ1n) is 15.6. The fourth-order valence-corrected chi connectivity index (χ4v) is 6.66. The molecule has 2 N–H and O–H groups in total. The number of rotatable bonds is 3. The number of likely N-dealkylation sites (N-methyl/N-ethyl adjacent to an activating group) is 1. The van der Waals surface area contributed by atoms with Gasteiger partial charge in [0.15, 0.2) is 18.1 Å². The van der Waals surface area contributed by atoms with E-state index in [1.807, 2.05) is 6.07 Å². The summed E-state index contributed by atoms with van der Waals surface area (Å²) in [5.74, 6) is 1.95. The molecule has 0 saturated heterocycles. The highest BCUT2D eigenvalue weighted by Gasteiger charge is 2.51. The van der Waals surface area contributed by atoms with Crippen molar-refractivity contribution in [1.29, 1.82) is 0 Å². The van der Waals surface area contributed by atoms with E-state index in [2.05, 4.69) is 35.5 Å². The van der Waals surface area contributed by atoms with E-state index in [-0.39, 0.29) is 24.3 Å². The molecule has 3 aliphatic carbocycles. The summed E-state index contributed by atoms with van der Waals surface area (Å²) in [7, 11) is 3.33. The average molecular weight is 583 g/mol. The molecule has 0 spiro atoms. The van der Waals surface area contributed by atoms with Gasteiger partial charge in [-0.3, -0.25) is 19.3 Å². The van der Waals surface area contributed by atoms with Crippen LogP contribution < -0.4 is 20.1 Å². The number of aryl methyl sites for hydroxylation is 1. The molecule has 1 aromatic rings.